The Bertz CT molecular complexity index is 497. The smallest absolute Gasteiger partial charge is 0.154 e. The Morgan fingerprint density at radius 2 is 2.06 bits per heavy atom. The lowest BCUT2D eigenvalue weighted by molar-refractivity contribution is 0.411. The second kappa shape index (κ2) is 6.20. The molecule has 18 heavy (non-hydrogen) atoms. The van der Waals surface area contributed by atoms with Crippen molar-refractivity contribution in [1.82, 2.24) is 0 Å². The van der Waals surface area contributed by atoms with Gasteiger partial charge in [0, 0.05) is 5.56 Å². The maximum Gasteiger partial charge on any atom is 0.154 e. The molecular formula is C13H21NO3S. The van der Waals surface area contributed by atoms with Crippen LogP contribution >= 0.6 is 0 Å². The number of ether oxygens (including phenoxy) is 1. The van der Waals surface area contributed by atoms with Gasteiger partial charge in [0.15, 0.2) is 9.84 Å². The standard InChI is InChI=1S/C13H21NO3S/c1-10-4-5-13(17-3)12(6-10)9-18(15,16)8-11(2)7-14/h4-6,11H,7-9,14H2,1-3H3. The third-order valence-electron chi connectivity index (χ3n) is 2.75. The summed E-state index contributed by atoms with van der Waals surface area (Å²) >= 11 is 0. The Morgan fingerprint density at radius 3 is 2.61 bits per heavy atom. The number of hydrogen-bond acceptors (Lipinski definition) is 4. The highest BCUT2D eigenvalue weighted by atomic mass is 32.2. The molecule has 0 aliphatic heterocycles. The fraction of sp³-hybridized carbons (Fsp3) is 0.538. The molecule has 0 spiro atoms. The zero-order valence-electron chi connectivity index (χ0n) is 11.1. The zero-order chi connectivity index (χ0) is 13.8. The number of benzene rings is 1. The Morgan fingerprint density at radius 1 is 1.39 bits per heavy atom. The minimum Gasteiger partial charge on any atom is -0.496 e. The maximum absolute atomic E-state index is 12.0. The number of rotatable bonds is 6. The number of hydrogen-bond donors (Lipinski definition) is 1. The summed E-state index contributed by atoms with van der Waals surface area (Å²) in [5, 5.41) is 0. The monoisotopic (exact) mass is 271 g/mol. The molecule has 0 radical (unpaired) electrons. The average Bonchev–Trinajstić information content (AvgIpc) is 2.28. The van der Waals surface area contributed by atoms with Gasteiger partial charge in [-0.2, -0.15) is 0 Å². The summed E-state index contributed by atoms with van der Waals surface area (Å²) in [4.78, 5) is 0. The van der Waals surface area contributed by atoms with E-state index in [9.17, 15) is 8.42 Å². The van der Waals surface area contributed by atoms with Crippen LogP contribution < -0.4 is 10.5 Å². The molecule has 5 heteroatoms. The van der Waals surface area contributed by atoms with Crippen LogP contribution in [-0.2, 0) is 15.6 Å². The summed E-state index contributed by atoms with van der Waals surface area (Å²) in [6.45, 7) is 4.15. The summed E-state index contributed by atoms with van der Waals surface area (Å²) < 4.78 is 29.3. The first-order valence-corrected chi connectivity index (χ1v) is 7.74. The Hall–Kier alpha value is -1.07. The lowest BCUT2D eigenvalue weighted by atomic mass is 10.1. The molecule has 0 amide bonds. The van der Waals surface area contributed by atoms with E-state index in [4.69, 9.17) is 10.5 Å². The van der Waals surface area contributed by atoms with Crippen LogP contribution in [-0.4, -0.2) is 27.8 Å². The van der Waals surface area contributed by atoms with E-state index in [0.29, 0.717) is 17.9 Å². The van der Waals surface area contributed by atoms with Crippen molar-refractivity contribution in [3.8, 4) is 5.75 Å². The van der Waals surface area contributed by atoms with E-state index in [2.05, 4.69) is 0 Å². The zero-order valence-corrected chi connectivity index (χ0v) is 12.0. The number of aryl methyl sites for hydroxylation is 1. The highest BCUT2D eigenvalue weighted by Crippen LogP contribution is 2.22. The van der Waals surface area contributed by atoms with Gasteiger partial charge in [-0.25, -0.2) is 8.42 Å². The Balaban J connectivity index is 2.93. The van der Waals surface area contributed by atoms with E-state index < -0.39 is 9.84 Å². The maximum atomic E-state index is 12.0. The number of methoxy groups -OCH3 is 1. The molecule has 1 aromatic rings. The van der Waals surface area contributed by atoms with Crippen LogP contribution in [0.15, 0.2) is 18.2 Å². The molecule has 0 aliphatic carbocycles. The summed E-state index contributed by atoms with van der Waals surface area (Å²) in [6.07, 6.45) is 0. The predicted molar refractivity (Wildman–Crippen MR) is 73.4 cm³/mol. The Labute approximate surface area is 109 Å². The minimum atomic E-state index is -3.16. The molecule has 2 N–H and O–H groups in total. The van der Waals surface area contributed by atoms with Crippen molar-refractivity contribution in [2.45, 2.75) is 19.6 Å². The van der Waals surface area contributed by atoms with Gasteiger partial charge >= 0.3 is 0 Å². The van der Waals surface area contributed by atoms with Gasteiger partial charge in [0.1, 0.15) is 5.75 Å². The molecule has 0 fully saturated rings. The molecule has 0 aliphatic rings. The van der Waals surface area contributed by atoms with E-state index in [1.165, 1.54) is 0 Å². The molecule has 0 aromatic heterocycles. The third-order valence-corrected chi connectivity index (χ3v) is 4.58. The summed E-state index contributed by atoms with van der Waals surface area (Å²) in [5.41, 5.74) is 7.19. The van der Waals surface area contributed by atoms with Gasteiger partial charge in [0.05, 0.1) is 18.6 Å². The fourth-order valence-corrected chi connectivity index (χ4v) is 3.64. The minimum absolute atomic E-state index is 0.00218. The summed E-state index contributed by atoms with van der Waals surface area (Å²) in [6, 6.07) is 5.55. The van der Waals surface area contributed by atoms with Gasteiger partial charge in [-0.15, -0.1) is 0 Å². The van der Waals surface area contributed by atoms with Crippen molar-refractivity contribution in [2.75, 3.05) is 19.4 Å². The first-order chi connectivity index (χ1) is 8.38. The SMILES string of the molecule is COc1ccc(C)cc1CS(=O)(=O)CC(C)CN. The first kappa shape index (κ1) is 15.0. The molecular weight excluding hydrogens is 250 g/mol. The van der Waals surface area contributed by atoms with Gasteiger partial charge < -0.3 is 10.5 Å². The second-order valence-electron chi connectivity index (χ2n) is 4.71. The van der Waals surface area contributed by atoms with Crippen LogP contribution in [0.25, 0.3) is 0 Å². The lowest BCUT2D eigenvalue weighted by Crippen LogP contribution is -2.22. The molecule has 0 heterocycles. The van der Waals surface area contributed by atoms with Crippen LogP contribution in [0.1, 0.15) is 18.1 Å². The molecule has 0 saturated carbocycles. The topological polar surface area (TPSA) is 69.4 Å². The van der Waals surface area contributed by atoms with Crippen molar-refractivity contribution >= 4 is 9.84 Å². The first-order valence-electron chi connectivity index (χ1n) is 5.92. The Kier molecular flexibility index (Phi) is 5.16. The molecule has 1 unspecified atom stereocenters. The molecule has 1 aromatic carbocycles. The molecule has 102 valence electrons. The third kappa shape index (κ3) is 4.31. The highest BCUT2D eigenvalue weighted by Gasteiger charge is 2.18. The molecule has 1 rings (SSSR count). The number of nitrogens with two attached hydrogens (primary N) is 1. The molecule has 0 saturated heterocycles. The normalized spacial score (nSPS) is 13.3. The van der Waals surface area contributed by atoms with Crippen LogP contribution in [0.5, 0.6) is 5.75 Å². The fourth-order valence-electron chi connectivity index (χ4n) is 1.82. The van der Waals surface area contributed by atoms with Crippen LogP contribution in [0.3, 0.4) is 0 Å². The van der Waals surface area contributed by atoms with Crippen molar-refractivity contribution in [3.63, 3.8) is 0 Å². The van der Waals surface area contributed by atoms with Gasteiger partial charge in [-0.3, -0.25) is 0 Å². The van der Waals surface area contributed by atoms with Gasteiger partial charge in [-0.05, 0) is 25.5 Å². The molecule has 0 bridgehead atoms. The van der Waals surface area contributed by atoms with Crippen LogP contribution in [0, 0.1) is 12.8 Å². The van der Waals surface area contributed by atoms with Crippen molar-refractivity contribution in [2.24, 2.45) is 11.7 Å². The quantitative estimate of drug-likeness (QED) is 0.851. The predicted octanol–water partition coefficient (Wildman–Crippen LogP) is 1.51. The van der Waals surface area contributed by atoms with Crippen molar-refractivity contribution in [1.29, 1.82) is 0 Å². The van der Waals surface area contributed by atoms with E-state index in [1.54, 1.807) is 13.2 Å². The largest absolute Gasteiger partial charge is 0.496 e. The van der Waals surface area contributed by atoms with Gasteiger partial charge in [-0.1, -0.05) is 24.6 Å². The number of sulfone groups is 1. The average molecular weight is 271 g/mol. The summed E-state index contributed by atoms with van der Waals surface area (Å²) in [5.74, 6) is 0.707. The second-order valence-corrected chi connectivity index (χ2v) is 6.82. The molecule has 1 atom stereocenters. The van der Waals surface area contributed by atoms with E-state index in [1.807, 2.05) is 26.0 Å². The highest BCUT2D eigenvalue weighted by molar-refractivity contribution is 7.90. The van der Waals surface area contributed by atoms with Crippen LogP contribution in [0.2, 0.25) is 0 Å². The van der Waals surface area contributed by atoms with Gasteiger partial charge in [0.2, 0.25) is 0 Å². The van der Waals surface area contributed by atoms with Gasteiger partial charge in [0.25, 0.3) is 0 Å². The molecule has 4 nitrogen and oxygen atoms in total. The lowest BCUT2D eigenvalue weighted by Gasteiger charge is -2.12. The van der Waals surface area contributed by atoms with E-state index >= 15 is 0 Å². The summed E-state index contributed by atoms with van der Waals surface area (Å²) in [7, 11) is -1.61. The van der Waals surface area contributed by atoms with E-state index in [0.717, 1.165) is 5.56 Å². The van der Waals surface area contributed by atoms with Crippen molar-refractivity contribution in [3.05, 3.63) is 29.3 Å². The van der Waals surface area contributed by atoms with Crippen molar-refractivity contribution < 1.29 is 13.2 Å². The van der Waals surface area contributed by atoms with E-state index in [-0.39, 0.29) is 17.4 Å². The van der Waals surface area contributed by atoms with Crippen LogP contribution in [0.4, 0.5) is 0 Å².